The van der Waals surface area contributed by atoms with Crippen molar-refractivity contribution >= 4 is 47.4 Å². The van der Waals surface area contributed by atoms with Gasteiger partial charge in [-0.25, -0.2) is 0 Å². The monoisotopic (exact) mass is 265 g/mol. The molecule has 0 radical (unpaired) electrons. The van der Waals surface area contributed by atoms with Crippen molar-refractivity contribution in [2.45, 2.75) is 0 Å². The van der Waals surface area contributed by atoms with Gasteiger partial charge in [-0.15, -0.1) is 3.77 Å². The number of hydrogen-bond acceptors (Lipinski definition) is 3. The van der Waals surface area contributed by atoms with E-state index in [0.29, 0.717) is 5.84 Å². The smallest absolute Gasteiger partial charge is 0.169 e. The normalized spacial score (nSPS) is 26.0. The van der Waals surface area contributed by atoms with Crippen LogP contribution < -0.4 is 0 Å². The fourth-order valence-electron chi connectivity index (χ4n) is 0.936. The summed E-state index contributed by atoms with van der Waals surface area (Å²) in [6.45, 7) is 0. The number of halogens is 2. The first-order valence-corrected chi connectivity index (χ1v) is 7.58. The average Bonchev–Trinajstić information content (AvgIpc) is 2.18. The molecular formula is C7H5Cl2N3S2. The van der Waals surface area contributed by atoms with Gasteiger partial charge >= 0.3 is 0 Å². The number of nitrogens with zero attached hydrogens (tertiary/aromatic N) is 3. The molecule has 2 atom stereocenters. The highest BCUT2D eigenvalue weighted by Crippen LogP contribution is 2.16. The molecule has 0 aromatic heterocycles. The summed E-state index contributed by atoms with van der Waals surface area (Å²) in [6.07, 6.45) is 0. The Morgan fingerprint density at radius 2 is 1.71 bits per heavy atom. The summed E-state index contributed by atoms with van der Waals surface area (Å²) in [5.41, 5.74) is 0.915. The molecule has 0 fully saturated rings. The maximum Gasteiger partial charge on any atom is 0.179 e. The maximum atomic E-state index is 5.79. The molecule has 2 rings (SSSR count). The van der Waals surface area contributed by atoms with Crippen molar-refractivity contribution in [1.82, 2.24) is 0 Å². The van der Waals surface area contributed by atoms with E-state index in [1.54, 1.807) is 0 Å². The molecule has 0 saturated heterocycles. The van der Waals surface area contributed by atoms with Crippen molar-refractivity contribution < 1.29 is 0 Å². The first kappa shape index (κ1) is 10.3. The molecule has 0 aliphatic carbocycles. The Morgan fingerprint density at radius 1 is 1.00 bits per heavy atom. The lowest BCUT2D eigenvalue weighted by Crippen LogP contribution is -2.01. The Bertz CT molecular complexity index is 439. The quantitative estimate of drug-likeness (QED) is 0.748. The Hall–Kier alpha value is -0.230. The van der Waals surface area contributed by atoms with Gasteiger partial charge in [0.2, 0.25) is 0 Å². The lowest BCUT2D eigenvalue weighted by atomic mass is 10.2. The minimum Gasteiger partial charge on any atom is -0.169 e. The molecule has 0 bridgehead atoms. The van der Waals surface area contributed by atoms with Crippen molar-refractivity contribution in [1.29, 1.82) is 0 Å². The predicted octanol–water partition coefficient (Wildman–Crippen LogP) is 3.19. The van der Waals surface area contributed by atoms with Crippen LogP contribution in [-0.2, 0) is 20.2 Å². The SMILES string of the molecule is ClS1=NC(c2ccccc2)=NS(Cl)=N1. The molecule has 1 heterocycles. The van der Waals surface area contributed by atoms with Gasteiger partial charge in [-0.3, -0.25) is 0 Å². The van der Waals surface area contributed by atoms with Crippen molar-refractivity contribution in [3.05, 3.63) is 35.9 Å². The van der Waals surface area contributed by atoms with Gasteiger partial charge in [0.05, 0.1) is 0 Å². The largest absolute Gasteiger partial charge is 0.179 e. The standard InChI is InChI=1S/C7H5Cl2N3S2/c8-13-10-7(11-14(9)12-13)6-4-2-1-3-5-6/h1-5H. The second-order valence-electron chi connectivity index (χ2n) is 2.39. The Labute approximate surface area is 95.6 Å². The molecule has 0 spiro atoms. The summed E-state index contributed by atoms with van der Waals surface area (Å²) < 4.78 is 12.1. The van der Waals surface area contributed by atoms with E-state index >= 15 is 0 Å². The van der Waals surface area contributed by atoms with Crippen LogP contribution in [0.5, 0.6) is 0 Å². The van der Waals surface area contributed by atoms with E-state index in [1.807, 2.05) is 30.3 Å². The highest BCUT2D eigenvalue weighted by atomic mass is 35.7. The summed E-state index contributed by atoms with van der Waals surface area (Å²) in [4.78, 5) is 0. The average molecular weight is 266 g/mol. The molecule has 3 nitrogen and oxygen atoms in total. The summed E-state index contributed by atoms with van der Waals surface area (Å²) in [5.74, 6) is 0.581. The van der Waals surface area contributed by atoms with Gasteiger partial charge in [-0.1, -0.05) is 30.3 Å². The molecule has 0 amide bonds. The number of rotatable bonds is 1. The van der Waals surface area contributed by atoms with Crippen LogP contribution in [0.15, 0.2) is 42.9 Å². The lowest BCUT2D eigenvalue weighted by molar-refractivity contribution is 1.56. The highest BCUT2D eigenvalue weighted by Gasteiger charge is 2.08. The van der Waals surface area contributed by atoms with E-state index in [2.05, 4.69) is 12.5 Å². The predicted molar refractivity (Wildman–Crippen MR) is 64.3 cm³/mol. The molecular weight excluding hydrogens is 261 g/mol. The molecule has 74 valence electrons. The zero-order valence-corrected chi connectivity index (χ0v) is 9.95. The van der Waals surface area contributed by atoms with Crippen molar-refractivity contribution in [2.24, 2.45) is 12.5 Å². The summed E-state index contributed by atoms with van der Waals surface area (Å²) >= 11 is 0. The molecule has 2 unspecified atom stereocenters. The van der Waals surface area contributed by atoms with Crippen molar-refractivity contribution in [3.8, 4) is 0 Å². The molecule has 1 aliphatic rings. The van der Waals surface area contributed by atoms with E-state index in [4.69, 9.17) is 21.4 Å². The fraction of sp³-hybridized carbons (Fsp3) is 0. The van der Waals surface area contributed by atoms with E-state index in [0.717, 1.165) is 5.56 Å². The van der Waals surface area contributed by atoms with Gasteiger partial charge in [0.1, 0.15) is 20.2 Å². The van der Waals surface area contributed by atoms with Gasteiger partial charge < -0.3 is 0 Å². The second kappa shape index (κ2) is 4.53. The lowest BCUT2D eigenvalue weighted by Gasteiger charge is -2.04. The van der Waals surface area contributed by atoms with E-state index in [-0.39, 0.29) is 0 Å². The molecule has 0 N–H and O–H groups in total. The third-order valence-electron chi connectivity index (χ3n) is 1.48. The van der Waals surface area contributed by atoms with Gasteiger partial charge in [-0.2, -0.15) is 8.76 Å². The zero-order chi connectivity index (χ0) is 9.97. The van der Waals surface area contributed by atoms with Crippen LogP contribution in [0, 0.1) is 0 Å². The minimum absolute atomic E-state index is 0.581. The first-order chi connectivity index (χ1) is 6.75. The van der Waals surface area contributed by atoms with Crippen LogP contribution in [0.2, 0.25) is 0 Å². The number of hydrogen-bond donors (Lipinski definition) is 0. The second-order valence-corrected chi connectivity index (χ2v) is 5.88. The highest BCUT2D eigenvalue weighted by molar-refractivity contribution is 8.19. The van der Waals surface area contributed by atoms with Gasteiger partial charge in [0, 0.05) is 5.56 Å². The third kappa shape index (κ3) is 2.42. The van der Waals surface area contributed by atoms with E-state index in [9.17, 15) is 0 Å². The molecule has 1 aromatic carbocycles. The van der Waals surface area contributed by atoms with Crippen molar-refractivity contribution in [3.63, 3.8) is 0 Å². The molecule has 7 heteroatoms. The molecule has 1 aliphatic heterocycles. The molecule has 0 saturated carbocycles. The van der Waals surface area contributed by atoms with Crippen LogP contribution in [0.1, 0.15) is 5.56 Å². The van der Waals surface area contributed by atoms with Crippen LogP contribution >= 0.6 is 21.4 Å². The van der Waals surface area contributed by atoms with E-state index < -0.39 is 20.2 Å². The Kier molecular flexibility index (Phi) is 3.33. The van der Waals surface area contributed by atoms with Crippen LogP contribution in [0.25, 0.3) is 0 Å². The van der Waals surface area contributed by atoms with Crippen LogP contribution in [0.4, 0.5) is 0 Å². The zero-order valence-electron chi connectivity index (χ0n) is 6.80. The first-order valence-electron chi connectivity index (χ1n) is 3.65. The van der Waals surface area contributed by atoms with Gasteiger partial charge in [0.25, 0.3) is 0 Å². The topological polar surface area (TPSA) is 37.1 Å². The Balaban J connectivity index is 2.43. The summed E-state index contributed by atoms with van der Waals surface area (Å²) in [5, 5.41) is 0. The van der Waals surface area contributed by atoms with E-state index in [1.165, 1.54) is 0 Å². The van der Waals surface area contributed by atoms with Crippen molar-refractivity contribution in [2.75, 3.05) is 0 Å². The molecule has 14 heavy (non-hydrogen) atoms. The number of amidine groups is 1. The maximum absolute atomic E-state index is 5.79. The summed E-state index contributed by atoms with van der Waals surface area (Å²) in [7, 11) is 9.83. The van der Waals surface area contributed by atoms with Crippen LogP contribution in [0.3, 0.4) is 0 Å². The molecule has 1 aromatic rings. The van der Waals surface area contributed by atoms with Gasteiger partial charge in [0.15, 0.2) is 5.84 Å². The number of benzene rings is 1. The summed E-state index contributed by atoms with van der Waals surface area (Å²) in [6, 6.07) is 9.58. The van der Waals surface area contributed by atoms with Crippen LogP contribution in [-0.4, -0.2) is 5.84 Å². The Morgan fingerprint density at radius 3 is 2.36 bits per heavy atom. The van der Waals surface area contributed by atoms with Gasteiger partial charge in [-0.05, 0) is 21.4 Å². The minimum atomic E-state index is -0.879. The third-order valence-corrected chi connectivity index (χ3v) is 4.54. The fourth-order valence-corrected chi connectivity index (χ4v) is 3.85.